The lowest BCUT2D eigenvalue weighted by molar-refractivity contribution is 0.309. The molecule has 2 nitrogen and oxygen atoms in total. The summed E-state index contributed by atoms with van der Waals surface area (Å²) in [7, 11) is 0. The van der Waals surface area contributed by atoms with Crippen molar-refractivity contribution in [2.45, 2.75) is 19.6 Å². The fraction of sp³-hybridized carbons (Fsp3) is 0.176. The van der Waals surface area contributed by atoms with Gasteiger partial charge in [-0.1, -0.05) is 36.4 Å². The summed E-state index contributed by atoms with van der Waals surface area (Å²) in [4.78, 5) is 1.19. The second-order valence-corrected chi connectivity index (χ2v) is 6.93. The van der Waals surface area contributed by atoms with Crippen LogP contribution in [0.25, 0.3) is 10.8 Å². The van der Waals surface area contributed by atoms with Crippen LogP contribution < -0.4 is 10.5 Å². The molecule has 108 valence electrons. The zero-order chi connectivity index (χ0) is 14.8. The molecule has 0 amide bonds. The van der Waals surface area contributed by atoms with E-state index in [1.54, 1.807) is 11.3 Å². The van der Waals surface area contributed by atoms with Gasteiger partial charge in [-0.05, 0) is 34.3 Å². The molecule has 4 heteroatoms. The Hall–Kier alpha value is -1.36. The standard InChI is InChI=1S/C17H16BrNOS/c1-11(19)15-7-6-12-4-2-3-5-16(12)17(15)20-9-14-8-13(18)10-21-14/h2-8,10-11H,9,19H2,1H3/t11-/m1/s1. The Morgan fingerprint density at radius 3 is 2.76 bits per heavy atom. The van der Waals surface area contributed by atoms with Crippen LogP contribution in [0, 0.1) is 0 Å². The van der Waals surface area contributed by atoms with E-state index in [2.05, 4.69) is 51.6 Å². The van der Waals surface area contributed by atoms with Crippen LogP contribution in [0.3, 0.4) is 0 Å². The average molecular weight is 362 g/mol. The molecular weight excluding hydrogens is 346 g/mol. The summed E-state index contributed by atoms with van der Waals surface area (Å²) in [5.74, 6) is 0.896. The zero-order valence-corrected chi connectivity index (χ0v) is 14.1. The van der Waals surface area contributed by atoms with Crippen LogP contribution in [0.4, 0.5) is 0 Å². The first-order valence-electron chi connectivity index (χ1n) is 6.78. The molecular formula is C17H16BrNOS. The van der Waals surface area contributed by atoms with Crippen molar-refractivity contribution in [2.24, 2.45) is 5.73 Å². The maximum Gasteiger partial charge on any atom is 0.132 e. The van der Waals surface area contributed by atoms with Crippen LogP contribution >= 0.6 is 27.3 Å². The molecule has 2 N–H and O–H groups in total. The number of nitrogens with two attached hydrogens (primary N) is 1. The van der Waals surface area contributed by atoms with Crippen LogP contribution in [-0.4, -0.2) is 0 Å². The Morgan fingerprint density at radius 1 is 1.24 bits per heavy atom. The van der Waals surface area contributed by atoms with Crippen molar-refractivity contribution >= 4 is 38.0 Å². The van der Waals surface area contributed by atoms with Gasteiger partial charge in [0.25, 0.3) is 0 Å². The van der Waals surface area contributed by atoms with Gasteiger partial charge in [-0.2, -0.15) is 0 Å². The average Bonchev–Trinajstić information content (AvgIpc) is 2.90. The third-order valence-corrected chi connectivity index (χ3v) is 5.05. The van der Waals surface area contributed by atoms with Gasteiger partial charge in [-0.25, -0.2) is 0 Å². The first kappa shape index (κ1) is 14.6. The van der Waals surface area contributed by atoms with Crippen molar-refractivity contribution in [3.8, 4) is 5.75 Å². The third-order valence-electron chi connectivity index (χ3n) is 3.38. The van der Waals surface area contributed by atoms with E-state index in [4.69, 9.17) is 10.5 Å². The molecule has 2 aromatic carbocycles. The van der Waals surface area contributed by atoms with Gasteiger partial charge in [-0.3, -0.25) is 0 Å². The summed E-state index contributed by atoms with van der Waals surface area (Å²) in [6.07, 6.45) is 0. The quantitative estimate of drug-likeness (QED) is 0.687. The number of hydrogen-bond donors (Lipinski definition) is 1. The number of hydrogen-bond acceptors (Lipinski definition) is 3. The first-order chi connectivity index (χ1) is 10.1. The number of rotatable bonds is 4. The van der Waals surface area contributed by atoms with E-state index >= 15 is 0 Å². The molecule has 3 aromatic rings. The molecule has 0 aliphatic rings. The monoisotopic (exact) mass is 361 g/mol. The molecule has 21 heavy (non-hydrogen) atoms. The van der Waals surface area contributed by atoms with Crippen molar-refractivity contribution in [3.63, 3.8) is 0 Å². The highest BCUT2D eigenvalue weighted by Crippen LogP contribution is 2.34. The fourth-order valence-electron chi connectivity index (χ4n) is 2.35. The topological polar surface area (TPSA) is 35.2 Å². The van der Waals surface area contributed by atoms with E-state index < -0.39 is 0 Å². The Kier molecular flexibility index (Phi) is 4.29. The second-order valence-electron chi connectivity index (χ2n) is 5.01. The maximum atomic E-state index is 6.12. The third kappa shape index (κ3) is 3.12. The van der Waals surface area contributed by atoms with Crippen molar-refractivity contribution in [1.82, 2.24) is 0 Å². The number of benzene rings is 2. The molecule has 0 spiro atoms. The van der Waals surface area contributed by atoms with Crippen molar-refractivity contribution in [2.75, 3.05) is 0 Å². The zero-order valence-electron chi connectivity index (χ0n) is 11.7. The lowest BCUT2D eigenvalue weighted by Crippen LogP contribution is -2.08. The molecule has 3 rings (SSSR count). The summed E-state index contributed by atoms with van der Waals surface area (Å²) < 4.78 is 7.21. The highest BCUT2D eigenvalue weighted by atomic mass is 79.9. The van der Waals surface area contributed by atoms with E-state index in [-0.39, 0.29) is 6.04 Å². The minimum Gasteiger partial charge on any atom is -0.487 e. The predicted octanol–water partition coefficient (Wildman–Crippen LogP) is 5.26. The highest BCUT2D eigenvalue weighted by Gasteiger charge is 2.12. The Morgan fingerprint density at radius 2 is 2.05 bits per heavy atom. The molecule has 0 unspecified atom stereocenters. The second kappa shape index (κ2) is 6.18. The first-order valence-corrected chi connectivity index (χ1v) is 8.45. The number of ether oxygens (including phenoxy) is 1. The van der Waals surface area contributed by atoms with Gasteiger partial charge in [0, 0.05) is 31.7 Å². The molecule has 0 saturated carbocycles. The minimum atomic E-state index is -0.0559. The van der Waals surface area contributed by atoms with Gasteiger partial charge in [0.05, 0.1) is 0 Å². The molecule has 1 atom stereocenters. The van der Waals surface area contributed by atoms with Gasteiger partial charge in [0.1, 0.15) is 12.4 Å². The van der Waals surface area contributed by atoms with Crippen molar-refractivity contribution in [3.05, 3.63) is 62.8 Å². The largest absolute Gasteiger partial charge is 0.487 e. The van der Waals surface area contributed by atoms with Gasteiger partial charge < -0.3 is 10.5 Å². The summed E-state index contributed by atoms with van der Waals surface area (Å²) in [5, 5.41) is 4.35. The molecule has 1 heterocycles. The van der Waals surface area contributed by atoms with Gasteiger partial charge in [0.2, 0.25) is 0 Å². The number of halogens is 1. The van der Waals surface area contributed by atoms with E-state index in [0.29, 0.717) is 6.61 Å². The van der Waals surface area contributed by atoms with E-state index in [1.165, 1.54) is 10.3 Å². The van der Waals surface area contributed by atoms with E-state index in [9.17, 15) is 0 Å². The number of fused-ring (bicyclic) bond motifs is 1. The molecule has 0 fully saturated rings. The maximum absolute atomic E-state index is 6.12. The summed E-state index contributed by atoms with van der Waals surface area (Å²) in [6, 6.07) is 14.4. The van der Waals surface area contributed by atoms with Crippen molar-refractivity contribution in [1.29, 1.82) is 0 Å². The molecule has 0 aliphatic carbocycles. The molecule has 0 radical (unpaired) electrons. The van der Waals surface area contributed by atoms with Gasteiger partial charge >= 0.3 is 0 Å². The molecule has 0 bridgehead atoms. The van der Waals surface area contributed by atoms with Gasteiger partial charge in [-0.15, -0.1) is 11.3 Å². The van der Waals surface area contributed by atoms with Gasteiger partial charge in [0.15, 0.2) is 0 Å². The molecule has 0 saturated heterocycles. The summed E-state index contributed by atoms with van der Waals surface area (Å²) in [6.45, 7) is 2.54. The lowest BCUT2D eigenvalue weighted by atomic mass is 10.0. The van der Waals surface area contributed by atoms with E-state index in [0.717, 1.165) is 21.2 Å². The Bertz CT molecular complexity index is 766. The molecule has 0 aliphatic heterocycles. The van der Waals surface area contributed by atoms with Crippen LogP contribution in [0.5, 0.6) is 5.75 Å². The summed E-state index contributed by atoms with van der Waals surface area (Å²) in [5.41, 5.74) is 7.14. The van der Waals surface area contributed by atoms with Crippen LogP contribution in [0.2, 0.25) is 0 Å². The van der Waals surface area contributed by atoms with Crippen LogP contribution in [0.15, 0.2) is 52.3 Å². The lowest BCUT2D eigenvalue weighted by Gasteiger charge is -2.16. The Balaban J connectivity index is 1.99. The SMILES string of the molecule is C[C@@H](N)c1ccc2ccccc2c1OCc1cc(Br)cs1. The molecule has 1 aromatic heterocycles. The minimum absolute atomic E-state index is 0.0559. The van der Waals surface area contributed by atoms with Crippen LogP contribution in [-0.2, 0) is 6.61 Å². The highest BCUT2D eigenvalue weighted by molar-refractivity contribution is 9.10. The predicted molar refractivity (Wildman–Crippen MR) is 92.9 cm³/mol. The van der Waals surface area contributed by atoms with Crippen molar-refractivity contribution < 1.29 is 4.74 Å². The Labute approximate surface area is 136 Å². The fourth-order valence-corrected chi connectivity index (χ4v) is 3.71. The normalized spacial score (nSPS) is 12.5. The number of thiophene rings is 1. The van der Waals surface area contributed by atoms with E-state index in [1.807, 2.05) is 19.1 Å². The summed E-state index contributed by atoms with van der Waals surface area (Å²) >= 11 is 5.16. The smallest absolute Gasteiger partial charge is 0.132 e. The van der Waals surface area contributed by atoms with Crippen LogP contribution in [0.1, 0.15) is 23.4 Å².